The molecule has 0 aliphatic rings. The SMILES string of the molecule is CCCC(C)C[P+](=O)OCC. The highest BCUT2D eigenvalue weighted by atomic mass is 31.1. The van der Waals surface area contributed by atoms with E-state index in [0.29, 0.717) is 12.5 Å². The molecule has 0 amide bonds. The van der Waals surface area contributed by atoms with Crippen molar-refractivity contribution in [2.24, 2.45) is 5.92 Å². The van der Waals surface area contributed by atoms with Crippen LogP contribution in [0.25, 0.3) is 0 Å². The molecule has 0 saturated carbocycles. The van der Waals surface area contributed by atoms with Gasteiger partial charge in [0, 0.05) is 5.92 Å². The molecule has 66 valence electrons. The Bertz CT molecular complexity index is 115. The lowest BCUT2D eigenvalue weighted by molar-refractivity contribution is 0.345. The van der Waals surface area contributed by atoms with Gasteiger partial charge in [-0.2, -0.15) is 0 Å². The topological polar surface area (TPSA) is 26.3 Å². The first kappa shape index (κ1) is 11.1. The third-order valence-electron chi connectivity index (χ3n) is 1.52. The van der Waals surface area contributed by atoms with Crippen molar-refractivity contribution in [2.45, 2.75) is 33.6 Å². The summed E-state index contributed by atoms with van der Waals surface area (Å²) in [4.78, 5) is 0. The van der Waals surface area contributed by atoms with Crippen LogP contribution in [0.4, 0.5) is 0 Å². The van der Waals surface area contributed by atoms with Gasteiger partial charge >= 0.3 is 8.03 Å². The lowest BCUT2D eigenvalue weighted by Gasteiger charge is -1.99. The summed E-state index contributed by atoms with van der Waals surface area (Å²) in [6.07, 6.45) is 3.03. The van der Waals surface area contributed by atoms with Gasteiger partial charge in [0.2, 0.25) is 0 Å². The summed E-state index contributed by atoms with van der Waals surface area (Å²) >= 11 is 0. The van der Waals surface area contributed by atoms with Crippen LogP contribution in [0.15, 0.2) is 0 Å². The van der Waals surface area contributed by atoms with Gasteiger partial charge in [0.05, 0.1) is 6.61 Å². The van der Waals surface area contributed by atoms with Crippen molar-refractivity contribution in [2.75, 3.05) is 12.8 Å². The van der Waals surface area contributed by atoms with E-state index >= 15 is 0 Å². The van der Waals surface area contributed by atoms with Gasteiger partial charge in [-0.1, -0.05) is 20.3 Å². The minimum Gasteiger partial charge on any atom is -0.147 e. The Labute approximate surface area is 70.2 Å². The van der Waals surface area contributed by atoms with E-state index in [2.05, 4.69) is 13.8 Å². The normalized spacial score (nSPS) is 14.6. The molecule has 0 fully saturated rings. The molecule has 0 saturated heterocycles. The van der Waals surface area contributed by atoms with Crippen LogP contribution in [-0.4, -0.2) is 12.8 Å². The fourth-order valence-corrected chi connectivity index (χ4v) is 2.12. The van der Waals surface area contributed by atoms with Crippen LogP contribution in [0.5, 0.6) is 0 Å². The van der Waals surface area contributed by atoms with Gasteiger partial charge in [0.1, 0.15) is 0 Å². The maximum absolute atomic E-state index is 11.1. The van der Waals surface area contributed by atoms with Crippen LogP contribution >= 0.6 is 8.03 Å². The molecule has 0 aromatic heterocycles. The zero-order valence-electron chi connectivity index (χ0n) is 7.67. The van der Waals surface area contributed by atoms with Crippen molar-refractivity contribution in [3.05, 3.63) is 0 Å². The van der Waals surface area contributed by atoms with Gasteiger partial charge in [-0.05, 0) is 17.9 Å². The highest BCUT2D eigenvalue weighted by molar-refractivity contribution is 7.39. The number of rotatable bonds is 6. The van der Waals surface area contributed by atoms with Crippen LogP contribution in [0.3, 0.4) is 0 Å². The summed E-state index contributed by atoms with van der Waals surface area (Å²) in [5, 5.41) is 0. The van der Waals surface area contributed by atoms with Gasteiger partial charge in [0.25, 0.3) is 0 Å². The van der Waals surface area contributed by atoms with Crippen LogP contribution < -0.4 is 0 Å². The van der Waals surface area contributed by atoms with Gasteiger partial charge in [0.15, 0.2) is 6.16 Å². The highest BCUT2D eigenvalue weighted by Crippen LogP contribution is 2.26. The van der Waals surface area contributed by atoms with E-state index in [1.54, 1.807) is 0 Å². The van der Waals surface area contributed by atoms with Crippen LogP contribution in [0.2, 0.25) is 0 Å². The molecule has 0 heterocycles. The monoisotopic (exact) mass is 177 g/mol. The molecule has 11 heavy (non-hydrogen) atoms. The molecular weight excluding hydrogens is 159 g/mol. The predicted molar refractivity (Wildman–Crippen MR) is 48.2 cm³/mol. The largest absolute Gasteiger partial charge is 0.508 e. The van der Waals surface area contributed by atoms with Crippen molar-refractivity contribution in [1.82, 2.24) is 0 Å². The van der Waals surface area contributed by atoms with E-state index in [4.69, 9.17) is 4.52 Å². The van der Waals surface area contributed by atoms with Crippen molar-refractivity contribution in [3.8, 4) is 0 Å². The second-order valence-electron chi connectivity index (χ2n) is 2.83. The predicted octanol–water partition coefficient (Wildman–Crippen LogP) is 3.20. The fourth-order valence-electron chi connectivity index (χ4n) is 1.04. The average molecular weight is 177 g/mol. The van der Waals surface area contributed by atoms with Gasteiger partial charge in [-0.25, -0.2) is 0 Å². The van der Waals surface area contributed by atoms with E-state index in [1.165, 1.54) is 0 Å². The number of hydrogen-bond donors (Lipinski definition) is 0. The summed E-state index contributed by atoms with van der Waals surface area (Å²) in [6.45, 7) is 6.70. The Kier molecular flexibility index (Phi) is 6.79. The quantitative estimate of drug-likeness (QED) is 0.582. The maximum atomic E-state index is 11.1. The Hall–Kier alpha value is 0.0600. The molecule has 0 aromatic rings. The third-order valence-corrected chi connectivity index (χ3v) is 2.98. The molecule has 2 nitrogen and oxygen atoms in total. The molecule has 0 aromatic carbocycles. The summed E-state index contributed by atoms with van der Waals surface area (Å²) < 4.78 is 16.0. The van der Waals surface area contributed by atoms with E-state index in [-0.39, 0.29) is 0 Å². The zero-order chi connectivity index (χ0) is 8.69. The first-order valence-electron chi connectivity index (χ1n) is 4.28. The third kappa shape index (κ3) is 6.46. The lowest BCUT2D eigenvalue weighted by Crippen LogP contribution is -1.98. The summed E-state index contributed by atoms with van der Waals surface area (Å²) in [6, 6.07) is 0. The molecule has 0 rings (SSSR count). The Morgan fingerprint density at radius 3 is 2.55 bits per heavy atom. The second kappa shape index (κ2) is 6.75. The number of hydrogen-bond acceptors (Lipinski definition) is 2. The lowest BCUT2D eigenvalue weighted by atomic mass is 10.1. The molecule has 0 spiro atoms. The first-order valence-corrected chi connectivity index (χ1v) is 5.64. The van der Waals surface area contributed by atoms with E-state index in [1.807, 2.05) is 6.92 Å². The summed E-state index contributed by atoms with van der Waals surface area (Å²) in [7, 11) is -1.38. The average Bonchev–Trinajstić information content (AvgIpc) is 1.87. The maximum Gasteiger partial charge on any atom is 0.508 e. The zero-order valence-corrected chi connectivity index (χ0v) is 8.56. The van der Waals surface area contributed by atoms with Crippen molar-refractivity contribution in [1.29, 1.82) is 0 Å². The molecule has 0 N–H and O–H groups in total. The fraction of sp³-hybridized carbons (Fsp3) is 1.00. The Morgan fingerprint density at radius 1 is 1.45 bits per heavy atom. The van der Waals surface area contributed by atoms with Gasteiger partial charge < -0.3 is 0 Å². The molecular formula is C8H18O2P+. The summed E-state index contributed by atoms with van der Waals surface area (Å²) in [5.74, 6) is 0.537. The van der Waals surface area contributed by atoms with Crippen LogP contribution in [0.1, 0.15) is 33.6 Å². The Balaban J connectivity index is 3.40. The smallest absolute Gasteiger partial charge is 0.147 e. The highest BCUT2D eigenvalue weighted by Gasteiger charge is 2.20. The first-order chi connectivity index (χ1) is 5.20. The minimum absolute atomic E-state index is 0.537. The molecule has 0 aliphatic carbocycles. The second-order valence-corrected chi connectivity index (χ2v) is 4.12. The van der Waals surface area contributed by atoms with Crippen molar-refractivity contribution in [3.63, 3.8) is 0 Å². The Morgan fingerprint density at radius 2 is 2.09 bits per heavy atom. The summed E-state index contributed by atoms with van der Waals surface area (Å²) in [5.41, 5.74) is 0. The van der Waals surface area contributed by atoms with E-state index in [9.17, 15) is 4.57 Å². The van der Waals surface area contributed by atoms with Gasteiger partial charge in [-0.3, -0.25) is 0 Å². The molecule has 0 aliphatic heterocycles. The van der Waals surface area contributed by atoms with Crippen molar-refractivity contribution >= 4 is 8.03 Å². The molecule has 0 radical (unpaired) electrons. The standard InChI is InChI=1S/C8H18O2P/c1-4-6-8(3)7-11(9)10-5-2/h8H,4-7H2,1-3H3/q+1. The molecule has 0 bridgehead atoms. The van der Waals surface area contributed by atoms with E-state index in [0.717, 1.165) is 19.0 Å². The molecule has 2 atom stereocenters. The van der Waals surface area contributed by atoms with Crippen molar-refractivity contribution < 1.29 is 9.09 Å². The minimum atomic E-state index is -1.38. The van der Waals surface area contributed by atoms with Crippen LogP contribution in [0, 0.1) is 5.92 Å². The van der Waals surface area contributed by atoms with E-state index < -0.39 is 8.03 Å². The molecule has 3 heteroatoms. The van der Waals surface area contributed by atoms with Crippen LogP contribution in [-0.2, 0) is 9.09 Å². The molecule has 2 unspecified atom stereocenters. The van der Waals surface area contributed by atoms with Gasteiger partial charge in [-0.15, -0.1) is 4.52 Å².